The molecule has 0 spiro atoms. The van der Waals surface area contributed by atoms with Crippen LogP contribution in [0.4, 0.5) is 0 Å². The monoisotopic (exact) mass is 214 g/mol. The Morgan fingerprint density at radius 1 is 1.14 bits per heavy atom. The van der Waals surface area contributed by atoms with E-state index < -0.39 is 14.9 Å². The fourth-order valence-corrected chi connectivity index (χ4v) is 1.54. The van der Waals surface area contributed by atoms with Gasteiger partial charge in [-0.15, -0.1) is 0 Å². The van der Waals surface area contributed by atoms with E-state index in [0.29, 0.717) is 5.56 Å². The second-order valence-electron chi connectivity index (χ2n) is 3.85. The second kappa shape index (κ2) is 3.37. The van der Waals surface area contributed by atoms with Crippen LogP contribution in [0.1, 0.15) is 25.0 Å². The molecular weight excluding hydrogens is 200 g/mol. The van der Waals surface area contributed by atoms with Crippen LogP contribution in [0.3, 0.4) is 0 Å². The molecule has 0 radical (unpaired) electrons. The summed E-state index contributed by atoms with van der Waals surface area (Å²) in [4.78, 5) is 0. The first-order valence-corrected chi connectivity index (χ1v) is 5.73. The average Bonchev–Trinajstić information content (AvgIpc) is 2.03. The molecule has 78 valence electrons. The summed E-state index contributed by atoms with van der Waals surface area (Å²) in [7, 11) is -4.07. The van der Waals surface area contributed by atoms with Crippen LogP contribution in [-0.2, 0) is 14.9 Å². The van der Waals surface area contributed by atoms with Gasteiger partial charge in [0.2, 0.25) is 0 Å². The lowest BCUT2D eigenvalue weighted by molar-refractivity contribution is 0.445. The average molecular weight is 214 g/mol. The zero-order valence-corrected chi connectivity index (χ0v) is 9.30. The molecule has 0 aliphatic heterocycles. The summed E-state index contributed by atoms with van der Waals surface area (Å²) < 4.78 is 30.0. The summed E-state index contributed by atoms with van der Waals surface area (Å²) in [5.74, 6) is 0. The Labute approximate surface area is 84.5 Å². The van der Waals surface area contributed by atoms with Gasteiger partial charge in [-0.3, -0.25) is 4.55 Å². The van der Waals surface area contributed by atoms with Crippen LogP contribution in [0, 0.1) is 6.92 Å². The molecule has 0 atom stereocenters. The van der Waals surface area contributed by atoms with Crippen LogP contribution in [0.2, 0.25) is 0 Å². The van der Waals surface area contributed by atoms with Crippen molar-refractivity contribution >= 4 is 10.1 Å². The maximum Gasteiger partial charge on any atom is 0.274 e. The highest BCUT2D eigenvalue weighted by atomic mass is 32.2. The van der Waals surface area contributed by atoms with Gasteiger partial charge in [0.25, 0.3) is 10.1 Å². The van der Waals surface area contributed by atoms with Crippen molar-refractivity contribution in [2.75, 3.05) is 0 Å². The highest BCUT2D eigenvalue weighted by Gasteiger charge is 2.34. The molecule has 0 heterocycles. The third kappa shape index (κ3) is 1.96. The largest absolute Gasteiger partial charge is 0.285 e. The zero-order chi connectivity index (χ0) is 11.0. The number of hydrogen-bond acceptors (Lipinski definition) is 2. The Morgan fingerprint density at radius 2 is 1.57 bits per heavy atom. The van der Waals surface area contributed by atoms with E-state index in [4.69, 9.17) is 4.55 Å². The number of aryl methyl sites for hydroxylation is 1. The lowest BCUT2D eigenvalue weighted by atomic mass is 10.0. The van der Waals surface area contributed by atoms with Crippen molar-refractivity contribution in [3.05, 3.63) is 35.4 Å². The Bertz CT molecular complexity index is 415. The fourth-order valence-electron chi connectivity index (χ4n) is 1.10. The van der Waals surface area contributed by atoms with E-state index in [1.54, 1.807) is 12.1 Å². The van der Waals surface area contributed by atoms with Gasteiger partial charge < -0.3 is 0 Å². The van der Waals surface area contributed by atoms with Gasteiger partial charge >= 0.3 is 0 Å². The van der Waals surface area contributed by atoms with Gasteiger partial charge in [-0.1, -0.05) is 29.8 Å². The van der Waals surface area contributed by atoms with Crippen LogP contribution in [0.25, 0.3) is 0 Å². The van der Waals surface area contributed by atoms with E-state index in [2.05, 4.69) is 0 Å². The van der Waals surface area contributed by atoms with Gasteiger partial charge in [-0.2, -0.15) is 8.42 Å². The number of hydrogen-bond donors (Lipinski definition) is 1. The maximum atomic E-state index is 11.1. The highest BCUT2D eigenvalue weighted by Crippen LogP contribution is 2.28. The second-order valence-corrected chi connectivity index (χ2v) is 5.82. The fraction of sp³-hybridized carbons (Fsp3) is 0.400. The van der Waals surface area contributed by atoms with Gasteiger partial charge in [-0.05, 0) is 26.3 Å². The van der Waals surface area contributed by atoms with Crippen molar-refractivity contribution in [2.45, 2.75) is 25.5 Å². The summed E-state index contributed by atoms with van der Waals surface area (Å²) in [6, 6.07) is 7.07. The number of rotatable bonds is 2. The maximum absolute atomic E-state index is 11.1. The molecule has 1 aromatic carbocycles. The molecule has 0 aliphatic rings. The third-order valence-corrected chi connectivity index (χ3v) is 3.92. The first-order chi connectivity index (χ1) is 6.25. The molecule has 0 saturated carbocycles. The van der Waals surface area contributed by atoms with E-state index in [0.717, 1.165) is 5.56 Å². The van der Waals surface area contributed by atoms with Crippen molar-refractivity contribution < 1.29 is 13.0 Å². The minimum atomic E-state index is -4.07. The van der Waals surface area contributed by atoms with E-state index in [1.807, 2.05) is 19.1 Å². The Morgan fingerprint density at radius 3 is 1.93 bits per heavy atom. The third-order valence-electron chi connectivity index (χ3n) is 2.39. The van der Waals surface area contributed by atoms with Crippen LogP contribution >= 0.6 is 0 Å². The quantitative estimate of drug-likeness (QED) is 0.767. The molecule has 0 fully saturated rings. The SMILES string of the molecule is Cc1ccc(C(C)(C)S(=O)(=O)O)cc1. The molecule has 0 amide bonds. The van der Waals surface area contributed by atoms with E-state index in [9.17, 15) is 8.42 Å². The van der Waals surface area contributed by atoms with Crippen LogP contribution in [0.15, 0.2) is 24.3 Å². The van der Waals surface area contributed by atoms with Gasteiger partial charge in [0.15, 0.2) is 0 Å². The van der Waals surface area contributed by atoms with Crippen molar-refractivity contribution in [3.8, 4) is 0 Å². The summed E-state index contributed by atoms with van der Waals surface area (Å²) in [6.45, 7) is 4.88. The minimum absolute atomic E-state index is 0.589. The first-order valence-electron chi connectivity index (χ1n) is 4.29. The normalized spacial score (nSPS) is 12.9. The standard InChI is InChI=1S/C10H14O3S/c1-8-4-6-9(7-5-8)10(2,3)14(11,12)13/h4-7H,1-3H3,(H,11,12,13). The smallest absolute Gasteiger partial charge is 0.274 e. The van der Waals surface area contributed by atoms with Crippen molar-refractivity contribution in [3.63, 3.8) is 0 Å². The van der Waals surface area contributed by atoms with E-state index in [1.165, 1.54) is 13.8 Å². The highest BCUT2D eigenvalue weighted by molar-refractivity contribution is 7.86. The molecule has 0 aliphatic carbocycles. The molecule has 0 unspecified atom stereocenters. The predicted octanol–water partition coefficient (Wildman–Crippen LogP) is 2.12. The topological polar surface area (TPSA) is 54.4 Å². The van der Waals surface area contributed by atoms with Crippen LogP contribution in [-0.4, -0.2) is 13.0 Å². The Hall–Kier alpha value is -0.870. The lowest BCUT2D eigenvalue weighted by Crippen LogP contribution is -2.28. The molecule has 3 nitrogen and oxygen atoms in total. The summed E-state index contributed by atoms with van der Waals surface area (Å²) >= 11 is 0. The molecular formula is C10H14O3S. The van der Waals surface area contributed by atoms with Crippen LogP contribution in [0.5, 0.6) is 0 Å². The number of benzene rings is 1. The van der Waals surface area contributed by atoms with Crippen molar-refractivity contribution in [2.24, 2.45) is 0 Å². The molecule has 0 aromatic heterocycles. The molecule has 0 saturated heterocycles. The molecule has 1 N–H and O–H groups in total. The first kappa shape index (κ1) is 11.2. The predicted molar refractivity (Wildman–Crippen MR) is 55.8 cm³/mol. The minimum Gasteiger partial charge on any atom is -0.285 e. The zero-order valence-electron chi connectivity index (χ0n) is 8.48. The van der Waals surface area contributed by atoms with Crippen molar-refractivity contribution in [1.29, 1.82) is 0 Å². The lowest BCUT2D eigenvalue weighted by Gasteiger charge is -2.21. The van der Waals surface area contributed by atoms with Gasteiger partial charge in [0.05, 0.1) is 0 Å². The Kier molecular flexibility index (Phi) is 2.69. The van der Waals surface area contributed by atoms with Gasteiger partial charge in [0, 0.05) is 0 Å². The van der Waals surface area contributed by atoms with Gasteiger partial charge in [0.1, 0.15) is 4.75 Å². The molecule has 0 bridgehead atoms. The Balaban J connectivity index is 3.24. The molecule has 14 heavy (non-hydrogen) atoms. The van der Waals surface area contributed by atoms with Crippen LogP contribution < -0.4 is 0 Å². The molecule has 4 heteroatoms. The molecule has 1 aromatic rings. The molecule has 1 rings (SSSR count). The van der Waals surface area contributed by atoms with Crippen molar-refractivity contribution in [1.82, 2.24) is 0 Å². The summed E-state index contributed by atoms with van der Waals surface area (Å²) in [6.07, 6.45) is 0. The summed E-state index contributed by atoms with van der Waals surface area (Å²) in [5, 5.41) is 0. The van der Waals surface area contributed by atoms with E-state index in [-0.39, 0.29) is 0 Å². The van der Waals surface area contributed by atoms with Gasteiger partial charge in [-0.25, -0.2) is 0 Å². The van der Waals surface area contributed by atoms with E-state index >= 15 is 0 Å². The summed E-state index contributed by atoms with van der Waals surface area (Å²) in [5.41, 5.74) is 1.64.